The summed E-state index contributed by atoms with van der Waals surface area (Å²) in [4.78, 5) is 16.5. The fraction of sp³-hybridized carbons (Fsp3) is 0.286. The molecular formula is C28H29BN4O2. The van der Waals surface area contributed by atoms with E-state index in [4.69, 9.17) is 4.74 Å². The van der Waals surface area contributed by atoms with Crippen LogP contribution >= 0.6 is 0 Å². The number of methoxy groups -OCH3 is 1. The Morgan fingerprint density at radius 1 is 1.37 bits per heavy atom. The predicted octanol–water partition coefficient (Wildman–Crippen LogP) is 4.75. The minimum absolute atomic E-state index is 0.125. The molecule has 1 aliphatic heterocycles. The molecule has 35 heavy (non-hydrogen) atoms. The highest BCUT2D eigenvalue weighted by Gasteiger charge is 2.42. The molecule has 1 amide bonds. The van der Waals surface area contributed by atoms with E-state index in [0.29, 0.717) is 31.5 Å². The molecule has 1 aromatic heterocycles. The number of allylic oxidation sites excluding steroid dienone is 5. The lowest BCUT2D eigenvalue weighted by molar-refractivity contribution is 0.0947. The van der Waals surface area contributed by atoms with Crippen molar-refractivity contribution in [1.82, 2.24) is 10.3 Å². The number of H-pyrrole nitrogens is 1. The van der Waals surface area contributed by atoms with Crippen molar-refractivity contribution >= 4 is 30.1 Å². The number of carbonyl (C=O) groups excluding carboxylic acids is 1. The average molecular weight is 464 g/mol. The van der Waals surface area contributed by atoms with Crippen LogP contribution in [0.15, 0.2) is 48.6 Å². The molecule has 0 unspecified atom stereocenters. The van der Waals surface area contributed by atoms with Crippen molar-refractivity contribution in [1.29, 1.82) is 5.26 Å². The Morgan fingerprint density at radius 2 is 2.17 bits per heavy atom. The number of nitriles is 1. The molecule has 4 rings (SSSR count). The zero-order valence-corrected chi connectivity index (χ0v) is 20.5. The van der Waals surface area contributed by atoms with Crippen molar-refractivity contribution in [3.63, 3.8) is 0 Å². The summed E-state index contributed by atoms with van der Waals surface area (Å²) >= 11 is 0. The number of benzene rings is 1. The van der Waals surface area contributed by atoms with Crippen molar-refractivity contribution in [3.05, 3.63) is 71.1 Å². The van der Waals surface area contributed by atoms with E-state index in [1.807, 2.05) is 44.2 Å². The quantitative estimate of drug-likeness (QED) is 0.313. The zero-order chi connectivity index (χ0) is 25.0. The third kappa shape index (κ3) is 4.77. The third-order valence-electron chi connectivity index (χ3n) is 6.51. The summed E-state index contributed by atoms with van der Waals surface area (Å²) in [5.41, 5.74) is 6.31. The number of amides is 1. The number of aromatic nitrogens is 1. The second kappa shape index (κ2) is 10.0. The van der Waals surface area contributed by atoms with E-state index in [0.717, 1.165) is 52.4 Å². The SMILES string of the molecule is C=C/C=C(\C(C#CC1(BC#N)CC1)=C/C)c1[nH]c2c(c1Nc1cccc(C)c1OC)C(=O)NCC2. The van der Waals surface area contributed by atoms with Crippen LogP contribution in [0.5, 0.6) is 5.75 Å². The maximum Gasteiger partial charge on any atom is 0.268 e. The molecule has 3 N–H and O–H groups in total. The molecule has 0 saturated heterocycles. The van der Waals surface area contributed by atoms with Crippen LogP contribution in [0.25, 0.3) is 5.57 Å². The molecule has 1 fully saturated rings. The van der Waals surface area contributed by atoms with Crippen LogP contribution < -0.4 is 15.4 Å². The Bertz CT molecular complexity index is 1340. The Labute approximate surface area is 207 Å². The number of aryl methyl sites for hydroxylation is 1. The van der Waals surface area contributed by atoms with Crippen molar-refractivity contribution in [2.45, 2.75) is 38.4 Å². The first-order valence-electron chi connectivity index (χ1n) is 11.8. The second-order valence-electron chi connectivity index (χ2n) is 8.90. The molecule has 1 aromatic carbocycles. The Kier molecular flexibility index (Phi) is 6.89. The molecule has 176 valence electrons. The molecule has 2 aromatic rings. The number of aromatic amines is 1. The fourth-order valence-electron chi connectivity index (χ4n) is 4.43. The molecule has 2 heterocycles. The van der Waals surface area contributed by atoms with E-state index >= 15 is 0 Å². The van der Waals surface area contributed by atoms with E-state index in [9.17, 15) is 10.1 Å². The number of hydrogen-bond acceptors (Lipinski definition) is 4. The van der Waals surface area contributed by atoms with E-state index in [-0.39, 0.29) is 11.2 Å². The van der Waals surface area contributed by atoms with Crippen molar-refractivity contribution < 1.29 is 9.53 Å². The first-order valence-corrected chi connectivity index (χ1v) is 11.8. The smallest absolute Gasteiger partial charge is 0.268 e. The molecule has 2 aliphatic rings. The molecule has 1 saturated carbocycles. The van der Waals surface area contributed by atoms with E-state index in [2.05, 4.69) is 40.0 Å². The number of fused-ring (bicyclic) bond motifs is 1. The van der Waals surface area contributed by atoms with Gasteiger partial charge in [-0.05, 0) is 44.3 Å². The minimum Gasteiger partial charge on any atom is -0.494 e. The molecule has 0 atom stereocenters. The van der Waals surface area contributed by atoms with Crippen LogP contribution in [0.2, 0.25) is 5.31 Å². The topological polar surface area (TPSA) is 89.9 Å². The largest absolute Gasteiger partial charge is 0.494 e. The first kappa shape index (κ1) is 24.0. The van der Waals surface area contributed by atoms with Crippen LogP contribution in [0, 0.1) is 30.0 Å². The number of para-hydroxylation sites is 1. The van der Waals surface area contributed by atoms with Gasteiger partial charge in [0.2, 0.25) is 0 Å². The number of rotatable bonds is 7. The highest BCUT2D eigenvalue weighted by atomic mass is 16.5. The lowest BCUT2D eigenvalue weighted by Crippen LogP contribution is -2.31. The van der Waals surface area contributed by atoms with Gasteiger partial charge in [-0.3, -0.25) is 4.79 Å². The lowest BCUT2D eigenvalue weighted by atomic mass is 9.63. The van der Waals surface area contributed by atoms with Crippen LogP contribution in [-0.2, 0) is 6.42 Å². The normalized spacial score (nSPS) is 16.1. The van der Waals surface area contributed by atoms with Gasteiger partial charge < -0.3 is 20.4 Å². The van der Waals surface area contributed by atoms with Gasteiger partial charge in [-0.2, -0.15) is 0 Å². The molecule has 7 heteroatoms. The van der Waals surface area contributed by atoms with Gasteiger partial charge in [0.1, 0.15) is 5.75 Å². The van der Waals surface area contributed by atoms with Gasteiger partial charge >= 0.3 is 0 Å². The van der Waals surface area contributed by atoms with Crippen molar-refractivity contribution in [2.75, 3.05) is 19.0 Å². The monoisotopic (exact) mass is 464 g/mol. The maximum atomic E-state index is 13.0. The van der Waals surface area contributed by atoms with Crippen LogP contribution in [0.3, 0.4) is 0 Å². The standard InChI is InChI=1S/C28H29BN4O2/c1-5-8-20(19(6-2)11-13-28(14-15-28)29-17-30)24-25(23-21(32-24)12-16-31-27(23)34)33-22-10-7-9-18(3)26(22)35-4/h5-10,29,32-33H,1,12,14-16H2,2-4H3,(H,31,34)/b19-6-,20-8+. The van der Waals surface area contributed by atoms with Gasteiger partial charge in [-0.25, -0.2) is 5.26 Å². The molecule has 0 bridgehead atoms. The summed E-state index contributed by atoms with van der Waals surface area (Å²) in [5.74, 6) is 9.53. The van der Waals surface area contributed by atoms with Crippen molar-refractivity contribution in [2.24, 2.45) is 0 Å². The molecule has 0 radical (unpaired) electrons. The highest BCUT2D eigenvalue weighted by molar-refractivity contribution is 6.51. The Balaban J connectivity index is 1.85. The summed E-state index contributed by atoms with van der Waals surface area (Å²) in [7, 11) is 2.08. The van der Waals surface area contributed by atoms with Crippen LogP contribution in [0.4, 0.5) is 11.4 Å². The number of ether oxygens (including phenoxy) is 1. The molecule has 0 spiro atoms. The average Bonchev–Trinajstić information content (AvgIpc) is 3.51. The number of hydrogen-bond donors (Lipinski definition) is 3. The molecule has 1 aliphatic carbocycles. The number of nitrogens with zero attached hydrogens (tertiary/aromatic N) is 1. The summed E-state index contributed by atoms with van der Waals surface area (Å²) in [5, 5.41) is 15.4. The summed E-state index contributed by atoms with van der Waals surface area (Å²) in [6, 6.07) is 5.87. The highest BCUT2D eigenvalue weighted by Crippen LogP contribution is 2.52. The Hall–Kier alpha value is -4.10. The fourth-order valence-corrected chi connectivity index (χ4v) is 4.43. The molecule has 6 nitrogen and oxygen atoms in total. The molecular weight excluding hydrogens is 435 g/mol. The van der Waals surface area contributed by atoms with Gasteiger partial charge in [0.05, 0.1) is 29.7 Å². The Morgan fingerprint density at radius 3 is 2.83 bits per heavy atom. The van der Waals surface area contributed by atoms with Gasteiger partial charge in [0.15, 0.2) is 0 Å². The van der Waals surface area contributed by atoms with Crippen molar-refractivity contribution in [3.8, 4) is 23.6 Å². The van der Waals surface area contributed by atoms with Gasteiger partial charge in [-0.1, -0.05) is 48.8 Å². The van der Waals surface area contributed by atoms with Crippen LogP contribution in [0.1, 0.15) is 47.1 Å². The van der Waals surface area contributed by atoms with Gasteiger partial charge in [0.25, 0.3) is 13.2 Å². The second-order valence-corrected chi connectivity index (χ2v) is 8.90. The predicted molar refractivity (Wildman–Crippen MR) is 142 cm³/mol. The van der Waals surface area contributed by atoms with Crippen LogP contribution in [-0.4, -0.2) is 31.8 Å². The number of anilines is 2. The summed E-state index contributed by atoms with van der Waals surface area (Å²) in [6.07, 6.45) is 8.18. The van der Waals surface area contributed by atoms with E-state index in [1.165, 1.54) is 0 Å². The van der Waals surface area contributed by atoms with Gasteiger partial charge in [-0.15, -0.1) is 0 Å². The van der Waals surface area contributed by atoms with E-state index < -0.39 is 0 Å². The third-order valence-corrected chi connectivity index (χ3v) is 6.51. The number of carbonyl (C=O) groups is 1. The number of nitrogens with one attached hydrogen (secondary N) is 3. The summed E-state index contributed by atoms with van der Waals surface area (Å²) < 4.78 is 5.65. The first-order chi connectivity index (χ1) is 17.0. The lowest BCUT2D eigenvalue weighted by Gasteiger charge is -2.18. The van der Waals surface area contributed by atoms with E-state index in [1.54, 1.807) is 13.2 Å². The minimum atomic E-state index is -0.201. The van der Waals surface area contributed by atoms with Gasteiger partial charge in [0, 0.05) is 35.1 Å². The zero-order valence-electron chi connectivity index (χ0n) is 20.5. The summed E-state index contributed by atoms with van der Waals surface area (Å²) in [6.45, 7) is 8.41. The maximum absolute atomic E-state index is 13.0.